The Kier molecular flexibility index (Phi) is 3.17. The van der Waals surface area contributed by atoms with Gasteiger partial charge in [0.15, 0.2) is 23.3 Å². The highest BCUT2D eigenvalue weighted by molar-refractivity contribution is 5.64. The third kappa shape index (κ3) is 2.01. The summed E-state index contributed by atoms with van der Waals surface area (Å²) in [7, 11) is 0. The Bertz CT molecular complexity index is 660. The fraction of sp³-hybridized carbons (Fsp3) is 0. The molecule has 0 atom stereocenters. The van der Waals surface area contributed by atoms with E-state index in [0.29, 0.717) is 0 Å². The van der Waals surface area contributed by atoms with Crippen molar-refractivity contribution in [3.8, 4) is 17.2 Å². The lowest BCUT2D eigenvalue weighted by Crippen LogP contribution is -2.04. The molecule has 0 radical (unpaired) electrons. The normalized spacial score (nSPS) is 10.3. The van der Waals surface area contributed by atoms with Crippen LogP contribution in [0.5, 0.6) is 0 Å². The highest BCUT2D eigenvalue weighted by Gasteiger charge is 2.26. The van der Waals surface area contributed by atoms with E-state index >= 15 is 0 Å². The maximum Gasteiger partial charge on any atom is 0.200 e. The predicted octanol–water partition coefficient (Wildman–Crippen LogP) is 3.32. The minimum absolute atomic E-state index is 0.0485. The molecule has 0 aliphatic heterocycles. The summed E-state index contributed by atoms with van der Waals surface area (Å²) < 4.78 is 65.8. The van der Waals surface area contributed by atoms with Crippen molar-refractivity contribution in [2.24, 2.45) is 0 Å². The zero-order valence-electron chi connectivity index (χ0n) is 9.02. The zero-order chi connectivity index (χ0) is 14.2. The number of nitrogens with zero attached hydrogens (tertiary/aromatic N) is 2. The molecule has 2 nitrogen and oxygen atoms in total. The van der Waals surface area contributed by atoms with E-state index in [2.05, 4.69) is 4.98 Å². The van der Waals surface area contributed by atoms with Crippen molar-refractivity contribution in [2.75, 3.05) is 0 Å². The lowest BCUT2D eigenvalue weighted by atomic mass is 10.1. The van der Waals surface area contributed by atoms with Crippen molar-refractivity contribution in [3.63, 3.8) is 0 Å². The van der Waals surface area contributed by atoms with Gasteiger partial charge in [-0.3, -0.25) is 0 Å². The van der Waals surface area contributed by atoms with Crippen LogP contribution in [0.25, 0.3) is 11.1 Å². The molecular weight excluding hydrogens is 267 g/mol. The summed E-state index contributed by atoms with van der Waals surface area (Å²) in [5, 5.41) is 8.50. The molecule has 0 fully saturated rings. The molecule has 96 valence electrons. The fourth-order valence-electron chi connectivity index (χ4n) is 1.47. The summed E-state index contributed by atoms with van der Waals surface area (Å²) in [6, 6.07) is 3.81. The molecule has 0 aliphatic carbocycles. The maximum absolute atomic E-state index is 13.5. The minimum atomic E-state index is -2.22. The highest BCUT2D eigenvalue weighted by Crippen LogP contribution is 2.30. The number of benzene rings is 1. The van der Waals surface area contributed by atoms with Gasteiger partial charge in [-0.05, 0) is 12.1 Å². The largest absolute Gasteiger partial charge is 0.245 e. The highest BCUT2D eigenvalue weighted by atomic mass is 19.2. The van der Waals surface area contributed by atoms with Crippen molar-refractivity contribution in [1.82, 2.24) is 4.98 Å². The van der Waals surface area contributed by atoms with Crippen LogP contribution in [0.2, 0.25) is 0 Å². The van der Waals surface area contributed by atoms with E-state index in [1.165, 1.54) is 0 Å². The molecule has 7 heteroatoms. The van der Waals surface area contributed by atoms with Crippen molar-refractivity contribution < 1.29 is 22.0 Å². The zero-order valence-corrected chi connectivity index (χ0v) is 9.02. The number of aromatic nitrogens is 1. The lowest BCUT2D eigenvalue weighted by Gasteiger charge is -2.07. The fourth-order valence-corrected chi connectivity index (χ4v) is 1.47. The van der Waals surface area contributed by atoms with Crippen LogP contribution in [-0.4, -0.2) is 4.98 Å². The van der Waals surface area contributed by atoms with Crippen LogP contribution in [0.15, 0.2) is 18.3 Å². The summed E-state index contributed by atoms with van der Waals surface area (Å²) in [6.07, 6.45) is 0.858. The monoisotopic (exact) mass is 270 g/mol. The van der Waals surface area contributed by atoms with Gasteiger partial charge >= 0.3 is 0 Å². The number of hydrogen-bond acceptors (Lipinski definition) is 2. The van der Waals surface area contributed by atoms with Gasteiger partial charge in [0.05, 0.1) is 5.56 Å². The van der Waals surface area contributed by atoms with Crippen LogP contribution < -0.4 is 0 Å². The average molecular weight is 270 g/mol. The molecule has 0 aliphatic rings. The van der Waals surface area contributed by atoms with Gasteiger partial charge in [0.2, 0.25) is 5.82 Å². The molecule has 1 aromatic heterocycles. The lowest BCUT2D eigenvalue weighted by molar-refractivity contribution is 0.381. The van der Waals surface area contributed by atoms with Crippen LogP contribution in [0.3, 0.4) is 0 Å². The summed E-state index contributed by atoms with van der Waals surface area (Å²) in [5.74, 6) is -10.2. The van der Waals surface area contributed by atoms with Crippen molar-refractivity contribution >= 4 is 0 Å². The molecule has 2 rings (SSSR count). The van der Waals surface area contributed by atoms with Crippen LogP contribution in [0.1, 0.15) is 5.69 Å². The van der Waals surface area contributed by atoms with Crippen molar-refractivity contribution in [2.45, 2.75) is 0 Å². The Labute approximate surface area is 103 Å². The van der Waals surface area contributed by atoms with Crippen LogP contribution in [0, 0.1) is 40.4 Å². The minimum Gasteiger partial charge on any atom is -0.245 e. The Balaban J connectivity index is 2.72. The van der Waals surface area contributed by atoms with Gasteiger partial charge in [0, 0.05) is 11.8 Å². The van der Waals surface area contributed by atoms with Crippen molar-refractivity contribution in [1.29, 1.82) is 5.26 Å². The van der Waals surface area contributed by atoms with E-state index in [1.54, 1.807) is 6.07 Å². The van der Waals surface area contributed by atoms with E-state index in [0.717, 1.165) is 18.3 Å². The molecule has 0 bridgehead atoms. The second kappa shape index (κ2) is 4.65. The number of halogens is 5. The van der Waals surface area contributed by atoms with Crippen molar-refractivity contribution in [3.05, 3.63) is 53.1 Å². The van der Waals surface area contributed by atoms with Crippen LogP contribution in [0.4, 0.5) is 22.0 Å². The molecular formula is C12H3F5N2. The Morgan fingerprint density at radius 3 is 1.79 bits per heavy atom. The van der Waals surface area contributed by atoms with Gasteiger partial charge in [-0.2, -0.15) is 5.26 Å². The topological polar surface area (TPSA) is 36.7 Å². The molecule has 0 unspecified atom stereocenters. The van der Waals surface area contributed by atoms with E-state index in [4.69, 9.17) is 5.26 Å². The summed E-state index contributed by atoms with van der Waals surface area (Å²) in [6.45, 7) is 0. The molecule has 0 spiro atoms. The summed E-state index contributed by atoms with van der Waals surface area (Å²) in [5.41, 5.74) is -1.44. The maximum atomic E-state index is 13.5. The number of hydrogen-bond donors (Lipinski definition) is 0. The number of rotatable bonds is 1. The van der Waals surface area contributed by atoms with Crippen LogP contribution >= 0.6 is 0 Å². The van der Waals surface area contributed by atoms with E-state index in [9.17, 15) is 22.0 Å². The van der Waals surface area contributed by atoms with Gasteiger partial charge in [0.25, 0.3) is 0 Å². The molecule has 1 heterocycles. The molecule has 2 aromatic rings. The Morgan fingerprint density at radius 2 is 1.37 bits per heavy atom. The van der Waals surface area contributed by atoms with Gasteiger partial charge in [-0.25, -0.2) is 26.9 Å². The third-order valence-electron chi connectivity index (χ3n) is 2.38. The quantitative estimate of drug-likeness (QED) is 0.453. The first-order valence-electron chi connectivity index (χ1n) is 4.85. The Morgan fingerprint density at radius 1 is 0.842 bits per heavy atom. The van der Waals surface area contributed by atoms with E-state index < -0.39 is 34.6 Å². The van der Waals surface area contributed by atoms with Gasteiger partial charge in [0.1, 0.15) is 11.8 Å². The average Bonchev–Trinajstić information content (AvgIpc) is 2.44. The van der Waals surface area contributed by atoms with Gasteiger partial charge in [-0.15, -0.1) is 0 Å². The predicted molar refractivity (Wildman–Crippen MR) is 54.2 cm³/mol. The SMILES string of the molecule is N#Cc1ccc(-c2c(F)c(F)c(F)c(F)c2F)cn1. The first-order chi connectivity index (χ1) is 8.97. The van der Waals surface area contributed by atoms with Gasteiger partial charge in [-0.1, -0.05) is 0 Å². The Hall–Kier alpha value is -2.49. The molecule has 0 N–H and O–H groups in total. The molecule has 0 saturated carbocycles. The molecule has 1 aromatic carbocycles. The van der Waals surface area contributed by atoms with Crippen LogP contribution in [-0.2, 0) is 0 Å². The third-order valence-corrected chi connectivity index (χ3v) is 2.38. The first kappa shape index (κ1) is 13.0. The molecule has 19 heavy (non-hydrogen) atoms. The standard InChI is InChI=1S/C12H3F5N2/c13-8-7(5-1-2-6(3-18)19-4-5)9(14)11(16)12(17)10(8)15/h1-2,4H. The summed E-state index contributed by atoms with van der Waals surface area (Å²) >= 11 is 0. The number of nitriles is 1. The molecule has 0 saturated heterocycles. The smallest absolute Gasteiger partial charge is 0.200 e. The van der Waals surface area contributed by atoms with E-state index in [1.807, 2.05) is 0 Å². The first-order valence-corrected chi connectivity index (χ1v) is 4.85. The molecule has 0 amide bonds. The second-order valence-corrected chi connectivity index (χ2v) is 3.49. The summed E-state index contributed by atoms with van der Waals surface area (Å²) in [4.78, 5) is 3.50. The second-order valence-electron chi connectivity index (χ2n) is 3.49. The van der Waals surface area contributed by atoms with Gasteiger partial charge < -0.3 is 0 Å². The van der Waals surface area contributed by atoms with E-state index in [-0.39, 0.29) is 11.3 Å². The number of pyridine rings is 1.